The van der Waals surface area contributed by atoms with Gasteiger partial charge in [0.1, 0.15) is 5.75 Å². The fraction of sp³-hybridized carbons (Fsp3) is 0.333. The summed E-state index contributed by atoms with van der Waals surface area (Å²) in [4.78, 5) is 11.7. The molecule has 0 unspecified atom stereocenters. The minimum Gasteiger partial charge on any atom is -0.497 e. The summed E-state index contributed by atoms with van der Waals surface area (Å²) in [5, 5.41) is 7.58. The van der Waals surface area contributed by atoms with Crippen LogP contribution in [0.2, 0.25) is 5.02 Å². The standard InChI is InChI=1S/C15H18ClN3O2/c1-21-13-4-3-12(14(16)11-13)5-8-17-15(20)6-10-19-9-2-7-18-19/h2-4,7,9,11H,5-6,8,10H2,1H3,(H,17,20). The van der Waals surface area contributed by atoms with Crippen LogP contribution in [0.25, 0.3) is 0 Å². The van der Waals surface area contributed by atoms with E-state index >= 15 is 0 Å². The van der Waals surface area contributed by atoms with Gasteiger partial charge >= 0.3 is 0 Å². The Balaban J connectivity index is 1.72. The number of aryl methyl sites for hydroxylation is 1. The first-order valence-electron chi connectivity index (χ1n) is 6.75. The van der Waals surface area contributed by atoms with E-state index in [1.165, 1.54) is 0 Å². The van der Waals surface area contributed by atoms with Gasteiger partial charge in [0.15, 0.2) is 0 Å². The number of carbonyl (C=O) groups excluding carboxylic acids is 1. The molecule has 0 aliphatic rings. The van der Waals surface area contributed by atoms with Gasteiger partial charge < -0.3 is 10.1 Å². The Hall–Kier alpha value is -2.01. The molecule has 1 heterocycles. The number of halogens is 1. The van der Waals surface area contributed by atoms with E-state index < -0.39 is 0 Å². The summed E-state index contributed by atoms with van der Waals surface area (Å²) in [6.45, 7) is 1.14. The van der Waals surface area contributed by atoms with Crippen LogP contribution in [-0.2, 0) is 17.8 Å². The largest absolute Gasteiger partial charge is 0.497 e. The summed E-state index contributed by atoms with van der Waals surface area (Å²) in [5.74, 6) is 0.738. The molecule has 0 aliphatic heterocycles. The van der Waals surface area contributed by atoms with E-state index in [1.807, 2.05) is 24.4 Å². The minimum absolute atomic E-state index is 0.00938. The van der Waals surface area contributed by atoms with Crippen LogP contribution in [0.4, 0.5) is 0 Å². The van der Waals surface area contributed by atoms with Gasteiger partial charge in [0.25, 0.3) is 0 Å². The van der Waals surface area contributed by atoms with Crippen LogP contribution in [-0.4, -0.2) is 29.3 Å². The number of nitrogens with zero attached hydrogens (tertiary/aromatic N) is 2. The summed E-state index contributed by atoms with van der Waals surface area (Å²) in [6, 6.07) is 7.39. The lowest BCUT2D eigenvalue weighted by Gasteiger charge is -2.08. The summed E-state index contributed by atoms with van der Waals surface area (Å²) in [5.41, 5.74) is 0.991. The van der Waals surface area contributed by atoms with Crippen molar-refractivity contribution in [3.8, 4) is 5.75 Å². The van der Waals surface area contributed by atoms with Crippen LogP contribution in [0.1, 0.15) is 12.0 Å². The smallest absolute Gasteiger partial charge is 0.221 e. The van der Waals surface area contributed by atoms with Gasteiger partial charge in [-0.1, -0.05) is 17.7 Å². The van der Waals surface area contributed by atoms with E-state index in [2.05, 4.69) is 10.4 Å². The molecule has 0 saturated carbocycles. The number of hydrogen-bond donors (Lipinski definition) is 1. The molecule has 21 heavy (non-hydrogen) atoms. The Kier molecular flexibility index (Phi) is 5.63. The summed E-state index contributed by atoms with van der Waals surface area (Å²) < 4.78 is 6.83. The van der Waals surface area contributed by atoms with Crippen molar-refractivity contribution < 1.29 is 9.53 Å². The number of amides is 1. The quantitative estimate of drug-likeness (QED) is 0.854. The molecule has 0 saturated heterocycles. The van der Waals surface area contributed by atoms with Gasteiger partial charge in [-0.2, -0.15) is 5.10 Å². The summed E-state index contributed by atoms with van der Waals surface area (Å²) in [6.07, 6.45) is 4.64. The van der Waals surface area contributed by atoms with Crippen molar-refractivity contribution in [2.45, 2.75) is 19.4 Å². The van der Waals surface area contributed by atoms with Gasteiger partial charge in [0, 0.05) is 36.9 Å². The third-order valence-electron chi connectivity index (χ3n) is 3.10. The minimum atomic E-state index is 0.00938. The fourth-order valence-electron chi connectivity index (χ4n) is 1.93. The Morgan fingerprint density at radius 2 is 2.33 bits per heavy atom. The van der Waals surface area contributed by atoms with Crippen LogP contribution in [0, 0.1) is 0 Å². The van der Waals surface area contributed by atoms with Crippen molar-refractivity contribution in [1.29, 1.82) is 0 Å². The van der Waals surface area contributed by atoms with Crippen molar-refractivity contribution >= 4 is 17.5 Å². The predicted molar refractivity (Wildman–Crippen MR) is 81.6 cm³/mol. The molecular weight excluding hydrogens is 290 g/mol. The fourth-order valence-corrected chi connectivity index (χ4v) is 2.20. The first-order valence-corrected chi connectivity index (χ1v) is 7.13. The number of rotatable bonds is 7. The number of hydrogen-bond acceptors (Lipinski definition) is 3. The highest BCUT2D eigenvalue weighted by atomic mass is 35.5. The van der Waals surface area contributed by atoms with Gasteiger partial charge in [0.2, 0.25) is 5.91 Å². The first-order chi connectivity index (χ1) is 10.2. The van der Waals surface area contributed by atoms with Crippen molar-refractivity contribution in [3.05, 3.63) is 47.2 Å². The van der Waals surface area contributed by atoms with Crippen LogP contribution in [0.15, 0.2) is 36.7 Å². The van der Waals surface area contributed by atoms with E-state index in [4.69, 9.17) is 16.3 Å². The molecule has 0 aliphatic carbocycles. The van der Waals surface area contributed by atoms with Crippen molar-refractivity contribution in [2.24, 2.45) is 0 Å². The number of aromatic nitrogens is 2. The van der Waals surface area contributed by atoms with Crippen LogP contribution >= 0.6 is 11.6 Å². The summed E-state index contributed by atoms with van der Waals surface area (Å²) in [7, 11) is 1.60. The first kappa shape index (κ1) is 15.4. The highest BCUT2D eigenvalue weighted by Gasteiger charge is 2.05. The second kappa shape index (κ2) is 7.69. The highest BCUT2D eigenvalue weighted by molar-refractivity contribution is 6.31. The molecule has 6 heteroatoms. The molecule has 1 amide bonds. The lowest BCUT2D eigenvalue weighted by atomic mass is 10.1. The number of nitrogens with one attached hydrogen (secondary N) is 1. The third kappa shape index (κ3) is 4.79. The molecule has 0 atom stereocenters. The maximum absolute atomic E-state index is 11.7. The van der Waals surface area contributed by atoms with Gasteiger partial charge in [-0.15, -0.1) is 0 Å². The predicted octanol–water partition coefficient (Wildman–Crippen LogP) is 2.29. The monoisotopic (exact) mass is 307 g/mol. The second-order valence-electron chi connectivity index (χ2n) is 4.58. The average Bonchev–Trinajstić information content (AvgIpc) is 3.00. The molecule has 1 aromatic carbocycles. The molecule has 0 radical (unpaired) electrons. The van der Waals surface area contributed by atoms with E-state index in [0.29, 0.717) is 31.0 Å². The zero-order valence-electron chi connectivity index (χ0n) is 11.9. The third-order valence-corrected chi connectivity index (χ3v) is 3.46. The van der Waals surface area contributed by atoms with E-state index in [0.717, 1.165) is 11.3 Å². The summed E-state index contributed by atoms with van der Waals surface area (Å²) >= 11 is 6.15. The van der Waals surface area contributed by atoms with Crippen molar-refractivity contribution in [3.63, 3.8) is 0 Å². The molecule has 112 valence electrons. The zero-order chi connectivity index (χ0) is 15.1. The maximum atomic E-state index is 11.7. The molecule has 0 fully saturated rings. The Morgan fingerprint density at radius 3 is 3.00 bits per heavy atom. The molecule has 0 bridgehead atoms. The maximum Gasteiger partial charge on any atom is 0.221 e. The van der Waals surface area contributed by atoms with E-state index in [9.17, 15) is 4.79 Å². The highest BCUT2D eigenvalue weighted by Crippen LogP contribution is 2.22. The number of methoxy groups -OCH3 is 1. The zero-order valence-corrected chi connectivity index (χ0v) is 12.6. The normalized spacial score (nSPS) is 10.4. The molecule has 2 rings (SSSR count). The van der Waals surface area contributed by atoms with Crippen LogP contribution in [0.3, 0.4) is 0 Å². The molecule has 1 aromatic heterocycles. The average molecular weight is 308 g/mol. The molecular formula is C15H18ClN3O2. The SMILES string of the molecule is COc1ccc(CCNC(=O)CCn2cccn2)c(Cl)c1. The molecule has 5 nitrogen and oxygen atoms in total. The number of carbonyl (C=O) groups is 1. The molecule has 1 N–H and O–H groups in total. The number of ether oxygens (including phenoxy) is 1. The Labute approximate surface area is 128 Å². The van der Waals surface area contributed by atoms with Crippen LogP contribution < -0.4 is 10.1 Å². The number of benzene rings is 1. The lowest BCUT2D eigenvalue weighted by Crippen LogP contribution is -2.26. The second-order valence-corrected chi connectivity index (χ2v) is 4.98. The van der Waals surface area contributed by atoms with Crippen molar-refractivity contribution in [2.75, 3.05) is 13.7 Å². The lowest BCUT2D eigenvalue weighted by molar-refractivity contribution is -0.121. The molecule has 2 aromatic rings. The topological polar surface area (TPSA) is 56.1 Å². The Morgan fingerprint density at radius 1 is 1.48 bits per heavy atom. The Bertz CT molecular complexity index is 585. The van der Waals surface area contributed by atoms with E-state index in [-0.39, 0.29) is 5.91 Å². The van der Waals surface area contributed by atoms with Gasteiger partial charge in [0.05, 0.1) is 7.11 Å². The van der Waals surface area contributed by atoms with E-state index in [1.54, 1.807) is 24.1 Å². The van der Waals surface area contributed by atoms with Crippen LogP contribution in [0.5, 0.6) is 5.75 Å². The van der Waals surface area contributed by atoms with Gasteiger partial charge in [-0.05, 0) is 30.2 Å². The molecule has 0 spiro atoms. The van der Waals surface area contributed by atoms with Gasteiger partial charge in [-0.25, -0.2) is 0 Å². The van der Waals surface area contributed by atoms with Crippen molar-refractivity contribution in [1.82, 2.24) is 15.1 Å². The van der Waals surface area contributed by atoms with Gasteiger partial charge in [-0.3, -0.25) is 9.48 Å².